The van der Waals surface area contributed by atoms with Gasteiger partial charge in [0.15, 0.2) is 5.82 Å². The third-order valence-electron chi connectivity index (χ3n) is 4.06. The molecule has 2 aliphatic rings. The Morgan fingerprint density at radius 3 is 3.00 bits per heavy atom. The Balaban J connectivity index is 1.36. The number of amides is 1. The van der Waals surface area contributed by atoms with E-state index in [9.17, 15) is 4.79 Å². The Labute approximate surface area is 121 Å². The van der Waals surface area contributed by atoms with Crippen LogP contribution in [-0.4, -0.2) is 50.4 Å². The summed E-state index contributed by atoms with van der Waals surface area (Å²) in [7, 11) is 0. The Kier molecular flexibility index (Phi) is 2.95. The number of likely N-dealkylation sites (tertiary alicyclic amines) is 1. The van der Waals surface area contributed by atoms with E-state index in [4.69, 9.17) is 4.52 Å². The fourth-order valence-electron chi connectivity index (χ4n) is 2.89. The van der Waals surface area contributed by atoms with Gasteiger partial charge in [0.25, 0.3) is 0 Å². The molecule has 0 unspecified atom stereocenters. The fraction of sp³-hybridized carbons (Fsp3) is 0.538. The second-order valence-corrected chi connectivity index (χ2v) is 5.52. The van der Waals surface area contributed by atoms with Crippen LogP contribution in [0.4, 0.5) is 5.69 Å². The summed E-state index contributed by atoms with van der Waals surface area (Å²) in [5.41, 5.74) is 0.911. The van der Waals surface area contributed by atoms with Crippen molar-refractivity contribution >= 4 is 11.6 Å². The van der Waals surface area contributed by atoms with E-state index >= 15 is 0 Å². The van der Waals surface area contributed by atoms with Crippen molar-refractivity contribution in [2.75, 3.05) is 24.5 Å². The molecule has 2 saturated heterocycles. The van der Waals surface area contributed by atoms with Crippen molar-refractivity contribution in [3.8, 4) is 0 Å². The zero-order valence-electron chi connectivity index (χ0n) is 11.6. The Morgan fingerprint density at radius 2 is 2.29 bits per heavy atom. The number of rotatable bonds is 4. The number of anilines is 1. The van der Waals surface area contributed by atoms with E-state index < -0.39 is 0 Å². The van der Waals surface area contributed by atoms with E-state index in [1.54, 1.807) is 6.20 Å². The number of carbonyl (C=O) groups excluding carboxylic acids is 1. The number of hydrogen-bond acceptors (Lipinski definition) is 6. The fourth-order valence-corrected chi connectivity index (χ4v) is 2.89. The van der Waals surface area contributed by atoms with Gasteiger partial charge in [-0.1, -0.05) is 5.16 Å². The molecule has 0 atom stereocenters. The van der Waals surface area contributed by atoms with Crippen LogP contribution in [0.25, 0.3) is 0 Å². The SMILES string of the molecule is O=C1CCCN1c1cnn(C2CN(Cc3ncon3)C2)c1. The molecule has 0 bridgehead atoms. The van der Waals surface area contributed by atoms with E-state index in [0.717, 1.165) is 31.7 Å². The second kappa shape index (κ2) is 4.96. The zero-order chi connectivity index (χ0) is 14.2. The van der Waals surface area contributed by atoms with E-state index in [-0.39, 0.29) is 5.91 Å². The van der Waals surface area contributed by atoms with Crippen molar-refractivity contribution in [1.29, 1.82) is 0 Å². The summed E-state index contributed by atoms with van der Waals surface area (Å²) >= 11 is 0. The summed E-state index contributed by atoms with van der Waals surface area (Å²) in [6.45, 7) is 3.32. The molecule has 4 rings (SSSR count). The molecule has 2 aromatic heterocycles. The summed E-state index contributed by atoms with van der Waals surface area (Å²) in [5.74, 6) is 0.902. The Bertz CT molecular complexity index is 631. The largest absolute Gasteiger partial charge is 0.343 e. The molecule has 0 spiro atoms. The average molecular weight is 288 g/mol. The average Bonchev–Trinajstić information content (AvgIpc) is 3.14. The molecule has 0 radical (unpaired) electrons. The minimum absolute atomic E-state index is 0.196. The smallest absolute Gasteiger partial charge is 0.227 e. The monoisotopic (exact) mass is 288 g/mol. The van der Waals surface area contributed by atoms with Crippen LogP contribution >= 0.6 is 0 Å². The lowest BCUT2D eigenvalue weighted by Gasteiger charge is -2.38. The number of aromatic nitrogens is 4. The second-order valence-electron chi connectivity index (χ2n) is 5.52. The maximum absolute atomic E-state index is 11.7. The quantitative estimate of drug-likeness (QED) is 0.812. The number of hydrogen-bond donors (Lipinski definition) is 0. The highest BCUT2D eigenvalue weighted by Gasteiger charge is 2.30. The van der Waals surface area contributed by atoms with Crippen molar-refractivity contribution in [2.24, 2.45) is 0 Å². The van der Waals surface area contributed by atoms with Crippen molar-refractivity contribution in [2.45, 2.75) is 25.4 Å². The van der Waals surface area contributed by atoms with Crippen molar-refractivity contribution < 1.29 is 9.32 Å². The van der Waals surface area contributed by atoms with Gasteiger partial charge in [-0.3, -0.25) is 14.4 Å². The van der Waals surface area contributed by atoms with Crippen LogP contribution in [0.3, 0.4) is 0 Å². The number of nitrogens with zero attached hydrogens (tertiary/aromatic N) is 6. The summed E-state index contributed by atoms with van der Waals surface area (Å²) in [4.78, 5) is 19.8. The van der Waals surface area contributed by atoms with Gasteiger partial charge in [0.05, 0.1) is 24.5 Å². The lowest BCUT2D eigenvalue weighted by atomic mass is 10.1. The van der Waals surface area contributed by atoms with Crippen molar-refractivity contribution in [3.63, 3.8) is 0 Å². The molecule has 8 heteroatoms. The first-order valence-corrected chi connectivity index (χ1v) is 7.12. The van der Waals surface area contributed by atoms with Gasteiger partial charge in [-0.2, -0.15) is 10.1 Å². The molecule has 0 aliphatic carbocycles. The summed E-state index contributed by atoms with van der Waals surface area (Å²) < 4.78 is 6.68. The molecular weight excluding hydrogens is 272 g/mol. The molecule has 2 aliphatic heterocycles. The lowest BCUT2D eigenvalue weighted by molar-refractivity contribution is -0.117. The first-order chi connectivity index (χ1) is 10.3. The van der Waals surface area contributed by atoms with Gasteiger partial charge >= 0.3 is 0 Å². The van der Waals surface area contributed by atoms with Crippen molar-refractivity contribution in [3.05, 3.63) is 24.6 Å². The molecule has 21 heavy (non-hydrogen) atoms. The predicted molar refractivity (Wildman–Crippen MR) is 72.4 cm³/mol. The van der Waals surface area contributed by atoms with Gasteiger partial charge in [-0.25, -0.2) is 0 Å². The standard InChI is InChI=1S/C13H16N6O2/c20-13-2-1-3-18(13)10-4-15-19(7-10)11-5-17(6-11)8-12-14-9-21-16-12/h4,7,9,11H,1-3,5-6,8H2. The first kappa shape index (κ1) is 12.5. The molecular formula is C13H16N6O2. The highest BCUT2D eigenvalue weighted by molar-refractivity contribution is 5.95. The van der Waals surface area contributed by atoms with Gasteiger partial charge < -0.3 is 9.42 Å². The van der Waals surface area contributed by atoms with Crippen LogP contribution < -0.4 is 4.90 Å². The van der Waals surface area contributed by atoms with Gasteiger partial charge in [0.2, 0.25) is 12.3 Å². The van der Waals surface area contributed by atoms with E-state index in [2.05, 4.69) is 20.1 Å². The molecule has 110 valence electrons. The Morgan fingerprint density at radius 1 is 1.38 bits per heavy atom. The molecule has 1 amide bonds. The minimum Gasteiger partial charge on any atom is -0.343 e. The third-order valence-corrected chi connectivity index (χ3v) is 4.06. The van der Waals surface area contributed by atoms with E-state index in [0.29, 0.717) is 24.8 Å². The van der Waals surface area contributed by atoms with E-state index in [1.807, 2.05) is 15.8 Å². The maximum Gasteiger partial charge on any atom is 0.227 e. The minimum atomic E-state index is 0.196. The summed E-state index contributed by atoms with van der Waals surface area (Å²) in [6, 6.07) is 0.350. The molecule has 4 heterocycles. The van der Waals surface area contributed by atoms with Crippen LogP contribution in [0.5, 0.6) is 0 Å². The van der Waals surface area contributed by atoms with E-state index in [1.165, 1.54) is 6.39 Å². The first-order valence-electron chi connectivity index (χ1n) is 7.12. The van der Waals surface area contributed by atoms with Gasteiger partial charge in [0, 0.05) is 32.3 Å². The van der Waals surface area contributed by atoms with Gasteiger partial charge in [-0.15, -0.1) is 0 Å². The molecule has 0 aromatic carbocycles. The lowest BCUT2D eigenvalue weighted by Crippen LogP contribution is -2.47. The molecule has 8 nitrogen and oxygen atoms in total. The van der Waals surface area contributed by atoms with Gasteiger partial charge in [-0.05, 0) is 6.42 Å². The maximum atomic E-state index is 11.7. The van der Waals surface area contributed by atoms with Crippen LogP contribution in [0.15, 0.2) is 23.3 Å². The molecule has 2 fully saturated rings. The zero-order valence-corrected chi connectivity index (χ0v) is 11.6. The highest BCUT2D eigenvalue weighted by Crippen LogP contribution is 2.26. The van der Waals surface area contributed by atoms with Crippen LogP contribution in [0.2, 0.25) is 0 Å². The number of carbonyl (C=O) groups is 1. The van der Waals surface area contributed by atoms with Crippen LogP contribution in [0, 0.1) is 0 Å². The topological polar surface area (TPSA) is 80.3 Å². The molecule has 2 aromatic rings. The Hall–Kier alpha value is -2.22. The van der Waals surface area contributed by atoms with Crippen LogP contribution in [0.1, 0.15) is 24.7 Å². The van der Waals surface area contributed by atoms with Gasteiger partial charge in [0.1, 0.15) is 0 Å². The third kappa shape index (κ3) is 2.31. The van der Waals surface area contributed by atoms with Crippen molar-refractivity contribution in [1.82, 2.24) is 24.8 Å². The highest BCUT2D eigenvalue weighted by atomic mass is 16.5. The molecule has 0 saturated carbocycles. The summed E-state index contributed by atoms with van der Waals surface area (Å²) in [5, 5.41) is 8.20. The van der Waals surface area contributed by atoms with Crippen LogP contribution in [-0.2, 0) is 11.3 Å². The molecule has 0 N–H and O–H groups in total. The summed E-state index contributed by atoms with van der Waals surface area (Å²) in [6.07, 6.45) is 6.68. The predicted octanol–water partition coefficient (Wildman–Crippen LogP) is 0.450. The normalized spacial score (nSPS) is 20.2.